The predicted molar refractivity (Wildman–Crippen MR) is 76.2 cm³/mol. The second-order valence-electron chi connectivity index (χ2n) is 5.15. The van der Waals surface area contributed by atoms with Crippen molar-refractivity contribution in [2.75, 3.05) is 13.6 Å². The quantitative estimate of drug-likeness (QED) is 0.904. The molecule has 0 aromatic carbocycles. The Balaban J connectivity index is 1.76. The highest BCUT2D eigenvalue weighted by Gasteiger charge is 2.34. The molecule has 1 N–H and O–H groups in total. The number of likely N-dealkylation sites (tertiary alicyclic amines) is 1. The van der Waals surface area contributed by atoms with Crippen molar-refractivity contribution in [3.63, 3.8) is 0 Å². The van der Waals surface area contributed by atoms with E-state index in [4.69, 9.17) is 0 Å². The Bertz CT molecular complexity index is 460. The maximum absolute atomic E-state index is 12.0. The second kappa shape index (κ2) is 4.87. The van der Waals surface area contributed by atoms with E-state index in [1.165, 1.54) is 9.77 Å². The molecule has 3 rings (SSSR count). The molecule has 18 heavy (non-hydrogen) atoms. The van der Waals surface area contributed by atoms with Gasteiger partial charge in [0, 0.05) is 24.9 Å². The zero-order valence-corrected chi connectivity index (χ0v) is 12.3. The Morgan fingerprint density at radius 3 is 3.00 bits per heavy atom. The number of likely N-dealkylation sites (N-methyl/N-ethyl adjacent to an activating group) is 1. The first-order chi connectivity index (χ1) is 8.65. The Kier molecular flexibility index (Phi) is 3.38. The van der Waals surface area contributed by atoms with Crippen LogP contribution < -0.4 is 5.32 Å². The Morgan fingerprint density at radius 2 is 2.28 bits per heavy atom. The van der Waals surface area contributed by atoms with Gasteiger partial charge in [0.15, 0.2) is 0 Å². The van der Waals surface area contributed by atoms with E-state index in [-0.39, 0.29) is 11.9 Å². The minimum atomic E-state index is 0.0167. The lowest BCUT2D eigenvalue weighted by Crippen LogP contribution is -2.40. The van der Waals surface area contributed by atoms with Crippen LogP contribution in [0.4, 0.5) is 0 Å². The highest BCUT2D eigenvalue weighted by molar-refractivity contribution is 8.01. The molecule has 3 heterocycles. The zero-order chi connectivity index (χ0) is 12.7. The summed E-state index contributed by atoms with van der Waals surface area (Å²) in [5.74, 6) is 0.248. The fourth-order valence-corrected chi connectivity index (χ4v) is 5.29. The highest BCUT2D eigenvalue weighted by atomic mass is 32.2. The van der Waals surface area contributed by atoms with Crippen LogP contribution in [0.1, 0.15) is 31.4 Å². The maximum atomic E-state index is 12.0. The van der Waals surface area contributed by atoms with E-state index in [1.54, 1.807) is 0 Å². The van der Waals surface area contributed by atoms with Gasteiger partial charge in [-0.1, -0.05) is 6.92 Å². The molecule has 0 aliphatic carbocycles. The van der Waals surface area contributed by atoms with Gasteiger partial charge in [-0.25, -0.2) is 0 Å². The van der Waals surface area contributed by atoms with Crippen LogP contribution in [0.25, 0.3) is 0 Å². The van der Waals surface area contributed by atoms with Crippen molar-refractivity contribution in [2.45, 2.75) is 41.3 Å². The van der Waals surface area contributed by atoms with Gasteiger partial charge < -0.3 is 4.90 Å². The molecule has 1 aromatic rings. The summed E-state index contributed by atoms with van der Waals surface area (Å²) in [5, 5.41) is 6.36. The van der Waals surface area contributed by atoms with Gasteiger partial charge in [-0.2, -0.15) is 0 Å². The van der Waals surface area contributed by atoms with E-state index in [9.17, 15) is 4.79 Å². The summed E-state index contributed by atoms with van der Waals surface area (Å²) in [7, 11) is 1.89. The van der Waals surface area contributed by atoms with Gasteiger partial charge in [0.25, 0.3) is 0 Å². The van der Waals surface area contributed by atoms with E-state index in [1.807, 2.05) is 35.0 Å². The number of nitrogens with zero attached hydrogens (tertiary/aromatic N) is 1. The Labute approximate surface area is 116 Å². The third kappa shape index (κ3) is 2.19. The molecule has 2 unspecified atom stereocenters. The SMILES string of the molecule is C[C@H]1CC(NC2CCN(C)C2=O)c2ccsc2S1. The van der Waals surface area contributed by atoms with E-state index >= 15 is 0 Å². The van der Waals surface area contributed by atoms with E-state index in [0.29, 0.717) is 11.3 Å². The van der Waals surface area contributed by atoms with Gasteiger partial charge in [0.05, 0.1) is 10.3 Å². The number of thiophene rings is 1. The number of thioether (sulfide) groups is 1. The molecule has 0 saturated carbocycles. The number of hydrogen-bond acceptors (Lipinski definition) is 4. The Hall–Kier alpha value is -0.520. The van der Waals surface area contributed by atoms with Crippen LogP contribution in [0.2, 0.25) is 0 Å². The van der Waals surface area contributed by atoms with Crippen molar-refractivity contribution in [3.8, 4) is 0 Å². The van der Waals surface area contributed by atoms with E-state index in [2.05, 4.69) is 23.7 Å². The van der Waals surface area contributed by atoms with Crippen molar-refractivity contribution >= 4 is 29.0 Å². The molecule has 1 fully saturated rings. The normalized spacial score (nSPS) is 31.8. The van der Waals surface area contributed by atoms with Gasteiger partial charge in [-0.3, -0.25) is 10.1 Å². The van der Waals surface area contributed by atoms with Gasteiger partial charge >= 0.3 is 0 Å². The van der Waals surface area contributed by atoms with Crippen LogP contribution in [-0.2, 0) is 4.79 Å². The number of hydrogen-bond donors (Lipinski definition) is 1. The van der Waals surface area contributed by atoms with Crippen molar-refractivity contribution in [3.05, 3.63) is 17.0 Å². The monoisotopic (exact) mass is 282 g/mol. The molecule has 0 bridgehead atoms. The topological polar surface area (TPSA) is 32.3 Å². The van der Waals surface area contributed by atoms with Gasteiger partial charge in [0.2, 0.25) is 5.91 Å². The number of amides is 1. The van der Waals surface area contributed by atoms with Crippen molar-refractivity contribution in [2.24, 2.45) is 0 Å². The first-order valence-electron chi connectivity index (χ1n) is 6.40. The lowest BCUT2D eigenvalue weighted by molar-refractivity contribution is -0.128. The smallest absolute Gasteiger partial charge is 0.239 e. The molecule has 2 aliphatic heterocycles. The van der Waals surface area contributed by atoms with Crippen molar-refractivity contribution < 1.29 is 4.79 Å². The fraction of sp³-hybridized carbons (Fsp3) is 0.615. The molecule has 1 amide bonds. The minimum Gasteiger partial charge on any atom is -0.344 e. The molecule has 3 atom stereocenters. The molecule has 3 nitrogen and oxygen atoms in total. The molecule has 1 aromatic heterocycles. The lowest BCUT2D eigenvalue weighted by Gasteiger charge is -2.29. The average molecular weight is 282 g/mol. The molecule has 98 valence electrons. The third-order valence-electron chi connectivity index (χ3n) is 3.74. The van der Waals surface area contributed by atoms with Crippen LogP contribution in [0.5, 0.6) is 0 Å². The third-order valence-corrected chi connectivity index (χ3v) is 6.08. The summed E-state index contributed by atoms with van der Waals surface area (Å²) in [6, 6.07) is 2.57. The van der Waals surface area contributed by atoms with Crippen LogP contribution in [-0.4, -0.2) is 35.7 Å². The average Bonchev–Trinajstić information content (AvgIpc) is 2.90. The maximum Gasteiger partial charge on any atom is 0.239 e. The molecular weight excluding hydrogens is 264 g/mol. The number of carbonyl (C=O) groups is 1. The fourth-order valence-electron chi connectivity index (χ4n) is 2.73. The molecule has 0 spiro atoms. The molecule has 0 radical (unpaired) electrons. The first kappa shape index (κ1) is 12.5. The minimum absolute atomic E-state index is 0.0167. The molecule has 5 heteroatoms. The highest BCUT2D eigenvalue weighted by Crippen LogP contribution is 2.44. The summed E-state index contributed by atoms with van der Waals surface area (Å²) >= 11 is 3.78. The number of rotatable bonds is 2. The number of fused-ring (bicyclic) bond motifs is 1. The summed E-state index contributed by atoms with van der Waals surface area (Å²) in [6.45, 7) is 3.15. The largest absolute Gasteiger partial charge is 0.344 e. The van der Waals surface area contributed by atoms with E-state index in [0.717, 1.165) is 19.4 Å². The molecular formula is C13H18N2OS2. The van der Waals surface area contributed by atoms with Crippen LogP contribution >= 0.6 is 23.1 Å². The van der Waals surface area contributed by atoms with Crippen molar-refractivity contribution in [1.29, 1.82) is 0 Å². The summed E-state index contributed by atoms with van der Waals surface area (Å²) in [5.41, 5.74) is 1.39. The second-order valence-corrected chi connectivity index (χ2v) is 7.77. The summed E-state index contributed by atoms with van der Waals surface area (Å²) < 4.78 is 1.42. The lowest BCUT2D eigenvalue weighted by atomic mass is 10.0. The standard InChI is InChI=1S/C13H18N2OS2/c1-8-7-11(9-4-6-17-13(9)18-8)14-10-3-5-15(2)12(10)16/h4,6,8,10-11,14H,3,5,7H2,1-2H3/t8-,10?,11?/m0/s1. The van der Waals surface area contributed by atoms with Crippen molar-refractivity contribution in [1.82, 2.24) is 10.2 Å². The Morgan fingerprint density at radius 1 is 1.44 bits per heavy atom. The van der Waals surface area contributed by atoms with Crippen LogP contribution in [0.15, 0.2) is 15.7 Å². The number of nitrogens with one attached hydrogen (secondary N) is 1. The van der Waals surface area contributed by atoms with Gasteiger partial charge in [0.1, 0.15) is 0 Å². The zero-order valence-electron chi connectivity index (χ0n) is 10.7. The van der Waals surface area contributed by atoms with Gasteiger partial charge in [-0.15, -0.1) is 23.1 Å². The molecule has 2 aliphatic rings. The summed E-state index contributed by atoms with van der Waals surface area (Å²) in [4.78, 5) is 13.8. The molecule has 1 saturated heterocycles. The first-order valence-corrected chi connectivity index (χ1v) is 8.16. The van der Waals surface area contributed by atoms with E-state index < -0.39 is 0 Å². The number of carbonyl (C=O) groups excluding carboxylic acids is 1. The summed E-state index contributed by atoms with van der Waals surface area (Å²) in [6.07, 6.45) is 2.05. The van der Waals surface area contributed by atoms with Crippen LogP contribution in [0.3, 0.4) is 0 Å². The van der Waals surface area contributed by atoms with Crippen LogP contribution in [0, 0.1) is 0 Å². The van der Waals surface area contributed by atoms with Gasteiger partial charge in [-0.05, 0) is 29.9 Å². The predicted octanol–water partition coefficient (Wildman–Crippen LogP) is 2.49.